The van der Waals surface area contributed by atoms with Gasteiger partial charge in [-0.2, -0.15) is 0 Å². The van der Waals surface area contributed by atoms with Gasteiger partial charge in [0.25, 0.3) is 0 Å². The number of aliphatic hydroxyl groups is 1. The molecule has 0 aromatic heterocycles. The van der Waals surface area contributed by atoms with Crippen LogP contribution in [-0.4, -0.2) is 23.3 Å². The molecule has 0 spiro atoms. The Kier molecular flexibility index (Phi) is 6.54. The van der Waals surface area contributed by atoms with Crippen LogP contribution in [0.2, 0.25) is 0 Å². The second-order valence-corrected chi connectivity index (χ2v) is 3.89. The van der Waals surface area contributed by atoms with Gasteiger partial charge >= 0.3 is 5.97 Å². The lowest BCUT2D eigenvalue weighted by Crippen LogP contribution is -2.25. The van der Waals surface area contributed by atoms with Crippen molar-refractivity contribution >= 4 is 5.97 Å². The van der Waals surface area contributed by atoms with Gasteiger partial charge in [0, 0.05) is 0 Å². The van der Waals surface area contributed by atoms with Crippen molar-refractivity contribution in [2.24, 2.45) is 5.92 Å². The lowest BCUT2D eigenvalue weighted by atomic mass is 9.94. The van der Waals surface area contributed by atoms with Crippen molar-refractivity contribution < 1.29 is 14.6 Å². The summed E-state index contributed by atoms with van der Waals surface area (Å²) in [7, 11) is 0. The SMILES string of the molecule is CCC(CC)C(O)CC(=O)OC(C)C. The summed E-state index contributed by atoms with van der Waals surface area (Å²) in [6, 6.07) is 0. The van der Waals surface area contributed by atoms with Crippen LogP contribution in [0.5, 0.6) is 0 Å². The van der Waals surface area contributed by atoms with E-state index in [9.17, 15) is 9.90 Å². The highest BCUT2D eigenvalue weighted by molar-refractivity contribution is 5.70. The number of aliphatic hydroxyl groups excluding tert-OH is 1. The van der Waals surface area contributed by atoms with Crippen molar-refractivity contribution in [1.82, 2.24) is 0 Å². The molecule has 0 aromatic carbocycles. The Morgan fingerprint density at radius 1 is 1.29 bits per heavy atom. The number of rotatable bonds is 6. The number of hydrogen-bond acceptors (Lipinski definition) is 3. The summed E-state index contributed by atoms with van der Waals surface area (Å²) in [5.74, 6) is -0.103. The molecule has 0 rings (SSSR count). The van der Waals surface area contributed by atoms with Crippen LogP contribution < -0.4 is 0 Å². The molecule has 0 fully saturated rings. The van der Waals surface area contributed by atoms with Gasteiger partial charge in [0.1, 0.15) is 0 Å². The first-order valence-electron chi connectivity index (χ1n) is 5.38. The van der Waals surface area contributed by atoms with E-state index in [1.54, 1.807) is 13.8 Å². The highest BCUT2D eigenvalue weighted by Crippen LogP contribution is 2.16. The summed E-state index contributed by atoms with van der Waals surface area (Å²) in [6.45, 7) is 7.65. The maximum atomic E-state index is 11.2. The molecule has 0 amide bonds. The fraction of sp³-hybridized carbons (Fsp3) is 0.909. The summed E-state index contributed by atoms with van der Waals surface area (Å²) in [4.78, 5) is 11.2. The van der Waals surface area contributed by atoms with Crippen LogP contribution in [0, 0.1) is 5.92 Å². The minimum atomic E-state index is -0.559. The molecule has 3 nitrogen and oxygen atoms in total. The summed E-state index contributed by atoms with van der Waals surface area (Å²) in [5, 5.41) is 9.69. The Morgan fingerprint density at radius 3 is 2.14 bits per heavy atom. The van der Waals surface area contributed by atoms with Crippen molar-refractivity contribution in [3.8, 4) is 0 Å². The Morgan fingerprint density at radius 2 is 1.79 bits per heavy atom. The zero-order chi connectivity index (χ0) is 11.1. The van der Waals surface area contributed by atoms with E-state index in [2.05, 4.69) is 0 Å². The van der Waals surface area contributed by atoms with Gasteiger partial charge in [-0.3, -0.25) is 4.79 Å². The minimum absolute atomic E-state index is 0.101. The number of ether oxygens (including phenoxy) is 1. The molecule has 0 bridgehead atoms. The predicted octanol–water partition coefficient (Wildman–Crippen LogP) is 2.13. The molecule has 0 heterocycles. The highest BCUT2D eigenvalue weighted by Gasteiger charge is 2.20. The normalized spacial score (nSPS) is 13.4. The molecule has 0 saturated heterocycles. The van der Waals surface area contributed by atoms with E-state index in [1.807, 2.05) is 13.8 Å². The molecule has 0 aromatic rings. The molecule has 14 heavy (non-hydrogen) atoms. The third-order valence-electron chi connectivity index (χ3n) is 2.34. The van der Waals surface area contributed by atoms with E-state index < -0.39 is 6.10 Å². The van der Waals surface area contributed by atoms with Crippen molar-refractivity contribution in [3.63, 3.8) is 0 Å². The van der Waals surface area contributed by atoms with Crippen LogP contribution in [0.3, 0.4) is 0 Å². The first kappa shape index (κ1) is 13.4. The molecule has 84 valence electrons. The number of carbonyl (C=O) groups is 1. The van der Waals surface area contributed by atoms with Gasteiger partial charge < -0.3 is 9.84 Å². The van der Waals surface area contributed by atoms with Crippen molar-refractivity contribution in [2.75, 3.05) is 0 Å². The molecule has 0 saturated carbocycles. The quantitative estimate of drug-likeness (QED) is 0.671. The molecule has 0 aliphatic rings. The average molecular weight is 202 g/mol. The van der Waals surface area contributed by atoms with Crippen LogP contribution in [0.1, 0.15) is 47.0 Å². The first-order chi connectivity index (χ1) is 6.51. The zero-order valence-electron chi connectivity index (χ0n) is 9.62. The maximum absolute atomic E-state index is 11.2. The molecule has 1 unspecified atom stereocenters. The lowest BCUT2D eigenvalue weighted by molar-refractivity contribution is -0.150. The maximum Gasteiger partial charge on any atom is 0.308 e. The number of carbonyl (C=O) groups excluding carboxylic acids is 1. The molecule has 1 N–H and O–H groups in total. The summed E-state index contributed by atoms with van der Waals surface area (Å²) in [6.07, 6.45) is 1.25. The third kappa shape index (κ3) is 5.22. The third-order valence-corrected chi connectivity index (χ3v) is 2.34. The first-order valence-corrected chi connectivity index (χ1v) is 5.38. The fourth-order valence-electron chi connectivity index (χ4n) is 1.48. The van der Waals surface area contributed by atoms with Crippen molar-refractivity contribution in [3.05, 3.63) is 0 Å². The second kappa shape index (κ2) is 6.82. The van der Waals surface area contributed by atoms with Gasteiger partial charge in [0.2, 0.25) is 0 Å². The topological polar surface area (TPSA) is 46.5 Å². The molecular weight excluding hydrogens is 180 g/mol. The number of hydrogen-bond donors (Lipinski definition) is 1. The summed E-state index contributed by atoms with van der Waals surface area (Å²) >= 11 is 0. The largest absolute Gasteiger partial charge is 0.463 e. The molecule has 0 radical (unpaired) electrons. The van der Waals surface area contributed by atoms with Gasteiger partial charge in [-0.05, 0) is 19.8 Å². The Labute approximate surface area is 86.5 Å². The minimum Gasteiger partial charge on any atom is -0.463 e. The molecule has 0 aliphatic heterocycles. The van der Waals surface area contributed by atoms with Crippen LogP contribution >= 0.6 is 0 Å². The summed E-state index contributed by atoms with van der Waals surface area (Å²) in [5.41, 5.74) is 0. The van der Waals surface area contributed by atoms with E-state index in [-0.39, 0.29) is 24.4 Å². The lowest BCUT2D eigenvalue weighted by Gasteiger charge is -2.19. The van der Waals surface area contributed by atoms with Crippen molar-refractivity contribution in [2.45, 2.75) is 59.2 Å². The molecule has 0 aliphatic carbocycles. The van der Waals surface area contributed by atoms with Gasteiger partial charge in [-0.25, -0.2) is 0 Å². The van der Waals surface area contributed by atoms with Crippen LogP contribution in [-0.2, 0) is 9.53 Å². The predicted molar refractivity (Wildman–Crippen MR) is 55.9 cm³/mol. The molecular formula is C11H22O3. The fourth-order valence-corrected chi connectivity index (χ4v) is 1.48. The van der Waals surface area contributed by atoms with E-state index in [0.717, 1.165) is 12.8 Å². The smallest absolute Gasteiger partial charge is 0.308 e. The van der Waals surface area contributed by atoms with Gasteiger partial charge in [0.15, 0.2) is 0 Å². The summed E-state index contributed by atoms with van der Waals surface area (Å²) < 4.78 is 4.96. The molecule has 3 heteroatoms. The standard InChI is InChI=1S/C11H22O3/c1-5-9(6-2)10(12)7-11(13)14-8(3)4/h8-10,12H,5-7H2,1-4H3. The molecule has 1 atom stereocenters. The Hall–Kier alpha value is -0.570. The van der Waals surface area contributed by atoms with Crippen molar-refractivity contribution in [1.29, 1.82) is 0 Å². The Balaban J connectivity index is 3.91. The van der Waals surface area contributed by atoms with Crippen LogP contribution in [0.15, 0.2) is 0 Å². The van der Waals surface area contributed by atoms with E-state index in [0.29, 0.717) is 0 Å². The van der Waals surface area contributed by atoms with Gasteiger partial charge in [-0.1, -0.05) is 26.7 Å². The monoisotopic (exact) mass is 202 g/mol. The van der Waals surface area contributed by atoms with E-state index >= 15 is 0 Å². The van der Waals surface area contributed by atoms with Crippen LogP contribution in [0.25, 0.3) is 0 Å². The van der Waals surface area contributed by atoms with E-state index in [4.69, 9.17) is 4.74 Å². The highest BCUT2D eigenvalue weighted by atomic mass is 16.5. The van der Waals surface area contributed by atoms with Gasteiger partial charge in [0.05, 0.1) is 18.6 Å². The van der Waals surface area contributed by atoms with Crippen LogP contribution in [0.4, 0.5) is 0 Å². The average Bonchev–Trinajstić information content (AvgIpc) is 2.04. The van der Waals surface area contributed by atoms with E-state index in [1.165, 1.54) is 0 Å². The zero-order valence-corrected chi connectivity index (χ0v) is 9.62. The Bertz CT molecular complexity index is 162. The second-order valence-electron chi connectivity index (χ2n) is 3.89. The van der Waals surface area contributed by atoms with Gasteiger partial charge in [-0.15, -0.1) is 0 Å². The number of esters is 1.